The van der Waals surface area contributed by atoms with Crippen molar-refractivity contribution < 1.29 is 0 Å². The molecule has 0 heterocycles. The number of rotatable bonds is 9. The number of nitrogens with one attached hydrogen (secondary N) is 1. The van der Waals surface area contributed by atoms with Gasteiger partial charge in [0, 0.05) is 6.04 Å². The summed E-state index contributed by atoms with van der Waals surface area (Å²) in [4.78, 5) is 0. The number of hydrogen-bond donors (Lipinski definition) is 1. The summed E-state index contributed by atoms with van der Waals surface area (Å²) >= 11 is 12.1. The fourth-order valence-corrected chi connectivity index (χ4v) is 2.96. The lowest BCUT2D eigenvalue weighted by Crippen LogP contribution is -2.33. The molecule has 0 saturated heterocycles. The number of benzene rings is 1. The van der Waals surface area contributed by atoms with E-state index in [4.69, 9.17) is 23.2 Å². The summed E-state index contributed by atoms with van der Waals surface area (Å²) in [7, 11) is 0. The van der Waals surface area contributed by atoms with Crippen LogP contribution in [0.25, 0.3) is 0 Å². The van der Waals surface area contributed by atoms with Crippen molar-refractivity contribution in [1.29, 1.82) is 0 Å². The van der Waals surface area contributed by atoms with Crippen molar-refractivity contribution in [2.75, 3.05) is 6.54 Å². The summed E-state index contributed by atoms with van der Waals surface area (Å²) in [5.74, 6) is 0.761. The largest absolute Gasteiger partial charge is 0.314 e. The summed E-state index contributed by atoms with van der Waals surface area (Å²) in [5.41, 5.74) is 1.26. The molecule has 0 amide bonds. The van der Waals surface area contributed by atoms with Crippen LogP contribution in [0.3, 0.4) is 0 Å². The second-order valence-corrected chi connectivity index (χ2v) is 6.55. The van der Waals surface area contributed by atoms with E-state index in [1.807, 2.05) is 12.1 Å². The lowest BCUT2D eigenvalue weighted by molar-refractivity contribution is 0.380. The lowest BCUT2D eigenvalue weighted by atomic mass is 9.93. The highest BCUT2D eigenvalue weighted by atomic mass is 35.5. The monoisotopic (exact) mass is 315 g/mol. The van der Waals surface area contributed by atoms with Crippen LogP contribution in [0.2, 0.25) is 10.0 Å². The smallest absolute Gasteiger partial charge is 0.0595 e. The first-order chi connectivity index (χ1) is 9.56. The second-order valence-electron chi connectivity index (χ2n) is 5.73. The van der Waals surface area contributed by atoms with Gasteiger partial charge in [0.05, 0.1) is 10.0 Å². The van der Waals surface area contributed by atoms with E-state index in [9.17, 15) is 0 Å². The molecule has 114 valence electrons. The molecule has 20 heavy (non-hydrogen) atoms. The van der Waals surface area contributed by atoms with Crippen molar-refractivity contribution in [2.24, 2.45) is 5.92 Å². The Balaban J connectivity index is 2.64. The SMILES string of the molecule is CCCNC(Cc1ccc(Cl)c(Cl)c1)CC(C)CCC. The average molecular weight is 316 g/mol. The fourth-order valence-electron chi connectivity index (χ4n) is 2.63. The zero-order valence-corrected chi connectivity index (χ0v) is 14.4. The molecule has 0 spiro atoms. The Hall–Kier alpha value is -0.240. The number of halogens is 2. The summed E-state index contributed by atoms with van der Waals surface area (Å²) in [6.07, 6.45) is 5.96. The van der Waals surface area contributed by atoms with Gasteiger partial charge in [0.25, 0.3) is 0 Å². The molecule has 2 atom stereocenters. The second kappa shape index (κ2) is 9.65. The van der Waals surface area contributed by atoms with Gasteiger partial charge in [-0.05, 0) is 49.4 Å². The minimum Gasteiger partial charge on any atom is -0.314 e. The van der Waals surface area contributed by atoms with Crippen molar-refractivity contribution in [3.63, 3.8) is 0 Å². The van der Waals surface area contributed by atoms with Gasteiger partial charge in [-0.3, -0.25) is 0 Å². The predicted octanol–water partition coefficient (Wildman–Crippen LogP) is 5.73. The summed E-state index contributed by atoms with van der Waals surface area (Å²) in [6.45, 7) is 7.88. The maximum Gasteiger partial charge on any atom is 0.0595 e. The number of hydrogen-bond acceptors (Lipinski definition) is 1. The van der Waals surface area contributed by atoms with E-state index in [1.165, 1.54) is 31.2 Å². The molecular formula is C17H27Cl2N. The van der Waals surface area contributed by atoms with Crippen LogP contribution in [0.5, 0.6) is 0 Å². The van der Waals surface area contributed by atoms with Crippen LogP contribution in [-0.4, -0.2) is 12.6 Å². The molecule has 3 heteroatoms. The quantitative estimate of drug-likeness (QED) is 0.613. The molecule has 0 fully saturated rings. The van der Waals surface area contributed by atoms with Gasteiger partial charge in [0.1, 0.15) is 0 Å². The zero-order chi connectivity index (χ0) is 15.0. The molecule has 0 radical (unpaired) electrons. The van der Waals surface area contributed by atoms with E-state index in [0.717, 1.165) is 18.9 Å². The van der Waals surface area contributed by atoms with Crippen molar-refractivity contribution in [1.82, 2.24) is 5.32 Å². The normalized spacial score (nSPS) is 14.2. The van der Waals surface area contributed by atoms with Gasteiger partial charge in [-0.15, -0.1) is 0 Å². The fraction of sp³-hybridized carbons (Fsp3) is 0.647. The summed E-state index contributed by atoms with van der Waals surface area (Å²) in [6, 6.07) is 6.49. The van der Waals surface area contributed by atoms with Gasteiger partial charge in [0.15, 0.2) is 0 Å². The topological polar surface area (TPSA) is 12.0 Å². The van der Waals surface area contributed by atoms with Crippen LogP contribution in [0.4, 0.5) is 0 Å². The van der Waals surface area contributed by atoms with Crippen molar-refractivity contribution in [3.05, 3.63) is 33.8 Å². The van der Waals surface area contributed by atoms with Crippen LogP contribution >= 0.6 is 23.2 Å². The first-order valence-electron chi connectivity index (χ1n) is 7.74. The first-order valence-corrected chi connectivity index (χ1v) is 8.49. The van der Waals surface area contributed by atoms with Gasteiger partial charge in [-0.1, -0.05) is 62.9 Å². The van der Waals surface area contributed by atoms with Crippen molar-refractivity contribution in [3.8, 4) is 0 Å². The van der Waals surface area contributed by atoms with E-state index < -0.39 is 0 Å². The molecule has 0 aliphatic carbocycles. The third-order valence-corrected chi connectivity index (χ3v) is 4.36. The van der Waals surface area contributed by atoms with Crippen LogP contribution in [0.15, 0.2) is 18.2 Å². The van der Waals surface area contributed by atoms with Crippen LogP contribution < -0.4 is 5.32 Å². The zero-order valence-electron chi connectivity index (χ0n) is 12.9. The van der Waals surface area contributed by atoms with Crippen LogP contribution in [-0.2, 0) is 6.42 Å². The Morgan fingerprint density at radius 3 is 2.45 bits per heavy atom. The minimum absolute atomic E-state index is 0.522. The Labute approximate surface area is 134 Å². The van der Waals surface area contributed by atoms with Gasteiger partial charge in [-0.2, -0.15) is 0 Å². The summed E-state index contributed by atoms with van der Waals surface area (Å²) < 4.78 is 0. The summed E-state index contributed by atoms with van der Waals surface area (Å²) in [5, 5.41) is 4.95. The Morgan fingerprint density at radius 2 is 1.85 bits per heavy atom. The lowest BCUT2D eigenvalue weighted by Gasteiger charge is -2.22. The standard InChI is InChI=1S/C17H27Cl2N/c1-4-6-13(3)10-15(20-9-5-2)11-14-7-8-16(18)17(19)12-14/h7-8,12-13,15,20H,4-6,9-11H2,1-3H3. The first kappa shape index (κ1) is 17.8. The molecule has 1 N–H and O–H groups in total. The third kappa shape index (κ3) is 6.47. The molecule has 0 aliphatic rings. The van der Waals surface area contributed by atoms with Gasteiger partial charge in [-0.25, -0.2) is 0 Å². The molecule has 2 unspecified atom stereocenters. The molecule has 1 rings (SSSR count). The van der Waals surface area contributed by atoms with E-state index >= 15 is 0 Å². The Bertz CT molecular complexity index is 393. The van der Waals surface area contributed by atoms with E-state index in [2.05, 4.69) is 32.2 Å². The molecule has 0 bridgehead atoms. The molecule has 0 aromatic heterocycles. The minimum atomic E-state index is 0.522. The highest BCUT2D eigenvalue weighted by Gasteiger charge is 2.13. The maximum absolute atomic E-state index is 6.10. The van der Waals surface area contributed by atoms with E-state index in [1.54, 1.807) is 0 Å². The molecule has 1 aromatic carbocycles. The van der Waals surface area contributed by atoms with Gasteiger partial charge in [0.2, 0.25) is 0 Å². The van der Waals surface area contributed by atoms with Gasteiger partial charge >= 0.3 is 0 Å². The average Bonchev–Trinajstić information content (AvgIpc) is 2.40. The van der Waals surface area contributed by atoms with Crippen LogP contribution in [0.1, 0.15) is 52.0 Å². The molecule has 1 nitrogen and oxygen atoms in total. The maximum atomic E-state index is 6.10. The highest BCUT2D eigenvalue weighted by molar-refractivity contribution is 6.42. The Kier molecular flexibility index (Phi) is 8.60. The van der Waals surface area contributed by atoms with Gasteiger partial charge < -0.3 is 5.32 Å². The molecular weight excluding hydrogens is 289 g/mol. The molecule has 1 aromatic rings. The van der Waals surface area contributed by atoms with E-state index in [-0.39, 0.29) is 0 Å². The molecule has 0 saturated carbocycles. The Morgan fingerprint density at radius 1 is 1.10 bits per heavy atom. The third-order valence-electron chi connectivity index (χ3n) is 3.62. The van der Waals surface area contributed by atoms with E-state index in [0.29, 0.717) is 16.1 Å². The molecule has 0 aliphatic heterocycles. The predicted molar refractivity (Wildman–Crippen MR) is 90.9 cm³/mol. The van der Waals surface area contributed by atoms with Crippen molar-refractivity contribution in [2.45, 2.75) is 58.9 Å². The van der Waals surface area contributed by atoms with Crippen molar-refractivity contribution >= 4 is 23.2 Å². The highest BCUT2D eigenvalue weighted by Crippen LogP contribution is 2.24. The van der Waals surface area contributed by atoms with Crippen LogP contribution in [0, 0.1) is 5.92 Å².